The van der Waals surface area contributed by atoms with Crippen LogP contribution in [-0.4, -0.2) is 42.5 Å². The fraction of sp³-hybridized carbons (Fsp3) is 0.625. The number of halogens is 1. The maximum absolute atomic E-state index is 14.2. The van der Waals surface area contributed by atoms with Crippen molar-refractivity contribution in [1.82, 2.24) is 9.80 Å². The third-order valence-electron chi connectivity index (χ3n) is 3.86. The lowest BCUT2D eigenvalue weighted by atomic mass is 10.1. The molecule has 0 aromatic heterocycles. The van der Waals surface area contributed by atoms with Crippen LogP contribution >= 0.6 is 0 Å². The van der Waals surface area contributed by atoms with Gasteiger partial charge in [0.2, 0.25) is 0 Å². The molecule has 112 valence electrons. The molecule has 3 nitrogen and oxygen atoms in total. The van der Waals surface area contributed by atoms with E-state index in [1.165, 1.54) is 0 Å². The van der Waals surface area contributed by atoms with E-state index in [1.807, 2.05) is 12.1 Å². The summed E-state index contributed by atoms with van der Waals surface area (Å²) in [5, 5.41) is 0. The Morgan fingerprint density at radius 2 is 1.70 bits per heavy atom. The third kappa shape index (κ3) is 4.01. The summed E-state index contributed by atoms with van der Waals surface area (Å²) >= 11 is 0. The van der Waals surface area contributed by atoms with Crippen molar-refractivity contribution in [3.05, 3.63) is 35.1 Å². The predicted molar refractivity (Wildman–Crippen MR) is 80.8 cm³/mol. The van der Waals surface area contributed by atoms with Crippen molar-refractivity contribution in [3.63, 3.8) is 0 Å². The second kappa shape index (κ2) is 7.16. The molecule has 1 aromatic carbocycles. The van der Waals surface area contributed by atoms with Gasteiger partial charge >= 0.3 is 0 Å². The van der Waals surface area contributed by atoms with Crippen LogP contribution in [0, 0.1) is 11.7 Å². The van der Waals surface area contributed by atoms with Crippen LogP contribution in [0.2, 0.25) is 0 Å². The number of nitrogens with two attached hydrogens (primary N) is 1. The van der Waals surface area contributed by atoms with Gasteiger partial charge in [0.05, 0.1) is 0 Å². The van der Waals surface area contributed by atoms with Crippen LogP contribution in [0.5, 0.6) is 0 Å². The largest absolute Gasteiger partial charge is 0.326 e. The summed E-state index contributed by atoms with van der Waals surface area (Å²) in [4.78, 5) is 4.82. The maximum Gasteiger partial charge on any atom is 0.132 e. The monoisotopic (exact) mass is 279 g/mol. The van der Waals surface area contributed by atoms with Crippen LogP contribution in [0.3, 0.4) is 0 Å². The lowest BCUT2D eigenvalue weighted by Crippen LogP contribution is -2.47. The number of hydrogen-bond acceptors (Lipinski definition) is 3. The molecule has 0 unspecified atom stereocenters. The average molecular weight is 279 g/mol. The van der Waals surface area contributed by atoms with E-state index in [4.69, 9.17) is 5.73 Å². The Hall–Kier alpha value is -0.970. The Labute approximate surface area is 121 Å². The molecule has 1 fully saturated rings. The van der Waals surface area contributed by atoms with Crippen molar-refractivity contribution in [2.45, 2.75) is 26.9 Å². The zero-order valence-electron chi connectivity index (χ0n) is 12.6. The number of rotatable bonds is 5. The Morgan fingerprint density at radius 1 is 1.10 bits per heavy atom. The van der Waals surface area contributed by atoms with Gasteiger partial charge in [-0.1, -0.05) is 32.0 Å². The van der Waals surface area contributed by atoms with Crippen LogP contribution in [0.25, 0.3) is 0 Å². The number of nitrogens with zero attached hydrogens (tertiary/aromatic N) is 2. The molecule has 20 heavy (non-hydrogen) atoms. The zero-order valence-corrected chi connectivity index (χ0v) is 12.6. The fourth-order valence-electron chi connectivity index (χ4n) is 2.80. The standard InChI is InChI=1S/C16H26FN3/c1-13(2)11-19-6-8-20(9-7-19)12-15-5-3-4-14(10-18)16(15)17/h3-5,13H,6-12,18H2,1-2H3. The van der Waals surface area contributed by atoms with Gasteiger partial charge in [0.25, 0.3) is 0 Å². The summed E-state index contributed by atoms with van der Waals surface area (Å²) in [7, 11) is 0. The topological polar surface area (TPSA) is 32.5 Å². The lowest BCUT2D eigenvalue weighted by molar-refractivity contribution is 0.116. The number of benzene rings is 1. The molecule has 0 atom stereocenters. The normalized spacial score (nSPS) is 17.9. The smallest absolute Gasteiger partial charge is 0.132 e. The highest BCUT2D eigenvalue weighted by Gasteiger charge is 2.18. The quantitative estimate of drug-likeness (QED) is 0.895. The molecule has 2 rings (SSSR count). The maximum atomic E-state index is 14.2. The summed E-state index contributed by atoms with van der Waals surface area (Å²) < 4.78 is 14.2. The molecule has 2 N–H and O–H groups in total. The summed E-state index contributed by atoms with van der Waals surface area (Å²) in [6.07, 6.45) is 0. The minimum atomic E-state index is -0.125. The molecule has 1 aliphatic heterocycles. The van der Waals surface area contributed by atoms with Crippen LogP contribution in [-0.2, 0) is 13.1 Å². The molecule has 0 bridgehead atoms. The van der Waals surface area contributed by atoms with E-state index >= 15 is 0 Å². The van der Waals surface area contributed by atoms with Crippen LogP contribution < -0.4 is 5.73 Å². The molecule has 1 heterocycles. The van der Waals surface area contributed by atoms with E-state index in [-0.39, 0.29) is 12.4 Å². The van der Waals surface area contributed by atoms with Gasteiger partial charge in [0.1, 0.15) is 5.82 Å². The van der Waals surface area contributed by atoms with E-state index in [0.29, 0.717) is 18.0 Å². The van der Waals surface area contributed by atoms with Crippen molar-refractivity contribution in [1.29, 1.82) is 0 Å². The van der Waals surface area contributed by atoms with Gasteiger partial charge in [-0.25, -0.2) is 4.39 Å². The van der Waals surface area contributed by atoms with E-state index in [1.54, 1.807) is 6.07 Å². The molecule has 0 saturated carbocycles. The minimum absolute atomic E-state index is 0.125. The number of hydrogen-bond donors (Lipinski definition) is 1. The van der Waals surface area contributed by atoms with E-state index < -0.39 is 0 Å². The van der Waals surface area contributed by atoms with Gasteiger partial charge in [-0.05, 0) is 5.92 Å². The summed E-state index contributed by atoms with van der Waals surface area (Å²) in [5.74, 6) is 0.583. The summed E-state index contributed by atoms with van der Waals surface area (Å²) in [6, 6.07) is 5.53. The van der Waals surface area contributed by atoms with E-state index in [0.717, 1.165) is 38.3 Å². The second-order valence-electron chi connectivity index (χ2n) is 6.06. The zero-order chi connectivity index (χ0) is 14.5. The van der Waals surface area contributed by atoms with Gasteiger partial charge in [-0.15, -0.1) is 0 Å². The lowest BCUT2D eigenvalue weighted by Gasteiger charge is -2.35. The highest BCUT2D eigenvalue weighted by Crippen LogP contribution is 2.16. The van der Waals surface area contributed by atoms with Crippen molar-refractivity contribution in [3.8, 4) is 0 Å². The van der Waals surface area contributed by atoms with Gasteiger partial charge in [-0.2, -0.15) is 0 Å². The molecule has 0 radical (unpaired) electrons. The van der Waals surface area contributed by atoms with Crippen molar-refractivity contribution >= 4 is 0 Å². The Bertz CT molecular complexity index is 426. The fourth-order valence-corrected chi connectivity index (χ4v) is 2.80. The van der Waals surface area contributed by atoms with Crippen LogP contribution in [0.4, 0.5) is 4.39 Å². The molecule has 1 aromatic rings. The first kappa shape index (κ1) is 15.4. The van der Waals surface area contributed by atoms with Gasteiger partial charge in [-0.3, -0.25) is 4.90 Å². The third-order valence-corrected chi connectivity index (χ3v) is 3.86. The SMILES string of the molecule is CC(C)CN1CCN(Cc2cccc(CN)c2F)CC1. The van der Waals surface area contributed by atoms with Crippen molar-refractivity contribution < 1.29 is 4.39 Å². The Balaban J connectivity index is 1.90. The van der Waals surface area contributed by atoms with E-state index in [9.17, 15) is 4.39 Å². The minimum Gasteiger partial charge on any atom is -0.326 e. The highest BCUT2D eigenvalue weighted by atomic mass is 19.1. The van der Waals surface area contributed by atoms with Gasteiger partial charge in [0.15, 0.2) is 0 Å². The first-order valence-corrected chi connectivity index (χ1v) is 7.51. The highest BCUT2D eigenvalue weighted by molar-refractivity contribution is 5.25. The molecular formula is C16H26FN3. The second-order valence-corrected chi connectivity index (χ2v) is 6.06. The van der Waals surface area contributed by atoms with E-state index in [2.05, 4.69) is 23.6 Å². The molecule has 0 spiro atoms. The molecule has 4 heteroatoms. The molecular weight excluding hydrogens is 253 g/mol. The molecule has 1 aliphatic rings. The van der Waals surface area contributed by atoms with Gasteiger partial charge in [0, 0.05) is 56.9 Å². The Morgan fingerprint density at radius 3 is 2.30 bits per heavy atom. The molecule has 1 saturated heterocycles. The Kier molecular flexibility index (Phi) is 5.52. The average Bonchev–Trinajstić information content (AvgIpc) is 2.43. The van der Waals surface area contributed by atoms with Gasteiger partial charge < -0.3 is 10.6 Å². The predicted octanol–water partition coefficient (Wildman–Crippen LogP) is 2.06. The van der Waals surface area contributed by atoms with Crippen LogP contribution in [0.15, 0.2) is 18.2 Å². The van der Waals surface area contributed by atoms with Crippen molar-refractivity contribution in [2.24, 2.45) is 11.7 Å². The van der Waals surface area contributed by atoms with Crippen molar-refractivity contribution in [2.75, 3.05) is 32.7 Å². The molecule has 0 amide bonds. The summed E-state index contributed by atoms with van der Waals surface area (Å²) in [5.41, 5.74) is 6.94. The summed E-state index contributed by atoms with van der Waals surface area (Å²) in [6.45, 7) is 10.8. The van der Waals surface area contributed by atoms with Crippen LogP contribution in [0.1, 0.15) is 25.0 Å². The first-order valence-electron chi connectivity index (χ1n) is 7.51. The number of piperazine rings is 1. The molecule has 0 aliphatic carbocycles. The first-order chi connectivity index (χ1) is 9.60.